The van der Waals surface area contributed by atoms with Gasteiger partial charge in [-0.05, 0) is 30.9 Å². The van der Waals surface area contributed by atoms with E-state index in [0.717, 1.165) is 24.3 Å². The van der Waals surface area contributed by atoms with Gasteiger partial charge in [-0.3, -0.25) is 14.3 Å². The average molecular weight is 337 g/mol. The highest BCUT2D eigenvalue weighted by Gasteiger charge is 2.35. The Balaban J connectivity index is 2.14. The maximum absolute atomic E-state index is 13.1. The van der Waals surface area contributed by atoms with E-state index in [1.807, 2.05) is 0 Å². The van der Waals surface area contributed by atoms with Crippen LogP contribution in [0.3, 0.4) is 0 Å². The van der Waals surface area contributed by atoms with Crippen molar-refractivity contribution < 1.29 is 29.0 Å². The molecule has 6 nitrogen and oxygen atoms in total. The molecule has 1 saturated carbocycles. The van der Waals surface area contributed by atoms with Crippen molar-refractivity contribution >= 4 is 15.8 Å². The Kier molecular flexibility index (Phi) is 3.98. The lowest BCUT2D eigenvalue weighted by Gasteiger charge is -2.27. The number of halogens is 2. The molecule has 1 fully saturated rings. The number of nitro groups is 1. The molecule has 1 aromatic carbocycles. The van der Waals surface area contributed by atoms with Gasteiger partial charge in [0.2, 0.25) is 5.92 Å². The third-order valence-electron chi connectivity index (χ3n) is 3.38. The maximum atomic E-state index is 13.1. The normalized spacial score (nSPS) is 21.0. The van der Waals surface area contributed by atoms with Crippen molar-refractivity contribution in [2.24, 2.45) is 5.92 Å². The molecule has 0 amide bonds. The summed E-state index contributed by atoms with van der Waals surface area (Å²) in [6.07, 6.45) is -1.46. The van der Waals surface area contributed by atoms with E-state index in [1.54, 1.807) is 0 Å². The van der Waals surface area contributed by atoms with Crippen LogP contribution in [0.15, 0.2) is 29.2 Å². The molecule has 0 spiro atoms. The molecule has 1 aliphatic rings. The summed E-state index contributed by atoms with van der Waals surface area (Å²) in [4.78, 5) is 9.40. The molecule has 0 bridgehead atoms. The van der Waals surface area contributed by atoms with E-state index < -0.39 is 51.2 Å². The van der Waals surface area contributed by atoms with Crippen LogP contribution >= 0.6 is 0 Å². The highest BCUT2D eigenvalue weighted by molar-refractivity contribution is 7.86. The van der Waals surface area contributed by atoms with Gasteiger partial charge in [-0.15, -0.1) is 0 Å². The number of nitrogens with zero attached hydrogens (tertiary/aromatic N) is 1. The third-order valence-corrected chi connectivity index (χ3v) is 4.54. The number of hydrogen-bond acceptors (Lipinski definition) is 5. The van der Waals surface area contributed by atoms with Crippen molar-refractivity contribution in [2.45, 2.75) is 36.5 Å². The largest absolute Gasteiger partial charge is 0.296 e. The summed E-state index contributed by atoms with van der Waals surface area (Å²) >= 11 is 0. The highest BCUT2D eigenvalue weighted by Crippen LogP contribution is 2.36. The van der Waals surface area contributed by atoms with Crippen LogP contribution in [0.1, 0.15) is 28.4 Å². The average Bonchev–Trinajstić information content (AvgIpc) is 2.45. The summed E-state index contributed by atoms with van der Waals surface area (Å²) in [6, 6.07) is 3.76. The molecule has 0 atom stereocenters. The zero-order valence-corrected chi connectivity index (χ0v) is 12.2. The van der Waals surface area contributed by atoms with Gasteiger partial charge in [0, 0.05) is 25.0 Å². The van der Waals surface area contributed by atoms with Gasteiger partial charge >= 0.3 is 0 Å². The first-order valence-electron chi connectivity index (χ1n) is 7.51. The molecule has 1 aliphatic carbocycles. The number of nitro benzene ring substituents is 1. The lowest BCUT2D eigenvalue weighted by molar-refractivity contribution is -0.384. The fraction of sp³-hybridized carbons (Fsp3) is 0.538. The Bertz CT molecular complexity index is 714. The molecule has 9 heteroatoms. The minimum atomic E-state index is -4.52. The van der Waals surface area contributed by atoms with Gasteiger partial charge in [0.15, 0.2) is 0 Å². The molecule has 0 aromatic heterocycles. The molecule has 0 saturated heterocycles. The fourth-order valence-corrected chi connectivity index (χ4v) is 2.90. The molecular weight excluding hydrogens is 320 g/mol. The second-order valence-corrected chi connectivity index (χ2v) is 6.58. The standard InChI is InChI=1S/C13H15F2NO5S/c14-13(15)7-5-10(6-8-13)9-21-22(19,20)12-3-1-11(2-4-12)16(17)18/h1-4,10H,5-9H2/i9D2. The van der Waals surface area contributed by atoms with E-state index in [2.05, 4.69) is 4.18 Å². The number of rotatable bonds is 5. The van der Waals surface area contributed by atoms with Crippen molar-refractivity contribution in [2.75, 3.05) is 6.56 Å². The van der Waals surface area contributed by atoms with E-state index in [9.17, 15) is 27.3 Å². The first-order valence-corrected chi connectivity index (χ1v) is 7.92. The minimum absolute atomic E-state index is 0.199. The van der Waals surface area contributed by atoms with E-state index in [0.29, 0.717) is 0 Å². The predicted octanol–water partition coefficient (Wildman–Crippen LogP) is 3.13. The van der Waals surface area contributed by atoms with Crippen molar-refractivity contribution in [1.29, 1.82) is 0 Å². The predicted molar refractivity (Wildman–Crippen MR) is 73.1 cm³/mol. The van der Waals surface area contributed by atoms with Crippen LogP contribution in [-0.4, -0.2) is 25.8 Å². The van der Waals surface area contributed by atoms with Crippen LogP contribution in [0.25, 0.3) is 0 Å². The summed E-state index contributed by atoms with van der Waals surface area (Å²) < 4.78 is 70.7. The molecule has 0 heterocycles. The summed E-state index contributed by atoms with van der Waals surface area (Å²) in [5, 5.41) is 10.6. The number of hydrogen-bond donors (Lipinski definition) is 0. The van der Waals surface area contributed by atoms with E-state index in [1.165, 1.54) is 0 Å². The molecule has 0 N–H and O–H groups in total. The van der Waals surface area contributed by atoms with E-state index >= 15 is 0 Å². The Morgan fingerprint density at radius 3 is 2.36 bits per heavy atom. The molecule has 0 unspecified atom stereocenters. The van der Waals surface area contributed by atoms with Gasteiger partial charge in [0.25, 0.3) is 15.8 Å². The van der Waals surface area contributed by atoms with Gasteiger partial charge in [0.1, 0.15) is 0 Å². The van der Waals surface area contributed by atoms with E-state index in [-0.39, 0.29) is 18.5 Å². The van der Waals surface area contributed by atoms with Crippen molar-refractivity contribution in [3.63, 3.8) is 0 Å². The van der Waals surface area contributed by atoms with Crippen LogP contribution in [0.2, 0.25) is 0 Å². The molecule has 122 valence electrons. The fourth-order valence-electron chi connectivity index (χ4n) is 2.07. The van der Waals surface area contributed by atoms with Gasteiger partial charge in [-0.1, -0.05) is 0 Å². The van der Waals surface area contributed by atoms with Gasteiger partial charge in [-0.25, -0.2) is 8.78 Å². The summed E-state index contributed by atoms with van der Waals surface area (Å²) in [6.45, 7) is -2.64. The molecule has 0 aliphatic heterocycles. The van der Waals surface area contributed by atoms with Crippen molar-refractivity contribution in [3.8, 4) is 0 Å². The smallest absolute Gasteiger partial charge is 0.266 e. The maximum Gasteiger partial charge on any atom is 0.296 e. The topological polar surface area (TPSA) is 86.5 Å². The summed E-state index contributed by atoms with van der Waals surface area (Å²) in [7, 11) is -4.52. The van der Waals surface area contributed by atoms with Gasteiger partial charge in [0.05, 0.1) is 19.1 Å². The zero-order chi connectivity index (χ0) is 18.2. The lowest BCUT2D eigenvalue weighted by Crippen LogP contribution is -2.27. The number of benzene rings is 1. The molecule has 0 radical (unpaired) electrons. The van der Waals surface area contributed by atoms with E-state index in [4.69, 9.17) is 2.74 Å². The molecule has 22 heavy (non-hydrogen) atoms. The molecule has 2 rings (SSSR count). The van der Waals surface area contributed by atoms with Crippen LogP contribution in [0.5, 0.6) is 0 Å². The zero-order valence-electron chi connectivity index (χ0n) is 13.4. The second-order valence-electron chi connectivity index (χ2n) is 5.04. The van der Waals surface area contributed by atoms with Crippen LogP contribution in [0.4, 0.5) is 14.5 Å². The highest BCUT2D eigenvalue weighted by atomic mass is 32.2. The Morgan fingerprint density at radius 2 is 1.86 bits per heavy atom. The monoisotopic (exact) mass is 337 g/mol. The van der Waals surface area contributed by atoms with Crippen molar-refractivity contribution in [3.05, 3.63) is 34.4 Å². The minimum Gasteiger partial charge on any atom is -0.266 e. The lowest BCUT2D eigenvalue weighted by atomic mass is 9.87. The quantitative estimate of drug-likeness (QED) is 0.468. The van der Waals surface area contributed by atoms with Crippen LogP contribution in [0, 0.1) is 16.0 Å². The first-order chi connectivity index (χ1) is 10.9. The van der Waals surface area contributed by atoms with Crippen LogP contribution < -0.4 is 0 Å². The molecule has 1 aromatic rings. The summed E-state index contributed by atoms with van der Waals surface area (Å²) in [5.41, 5.74) is -0.327. The summed E-state index contributed by atoms with van der Waals surface area (Å²) in [5.74, 6) is -3.85. The van der Waals surface area contributed by atoms with Gasteiger partial charge < -0.3 is 0 Å². The Morgan fingerprint density at radius 1 is 1.32 bits per heavy atom. The number of non-ortho nitro benzene ring substituents is 1. The molecular formula is C13H15F2NO5S. The second kappa shape index (κ2) is 6.25. The number of alkyl halides is 2. The Labute approximate surface area is 129 Å². The third kappa shape index (κ3) is 4.20. The van der Waals surface area contributed by atoms with Crippen molar-refractivity contribution in [1.82, 2.24) is 0 Å². The van der Waals surface area contributed by atoms with Crippen LogP contribution in [-0.2, 0) is 14.3 Å². The van der Waals surface area contributed by atoms with Gasteiger partial charge in [-0.2, -0.15) is 8.42 Å². The SMILES string of the molecule is [2H]C([2H])(OS(=O)(=O)c1ccc([N+](=O)[O-])cc1)C1CCC(F)(F)CC1. The first kappa shape index (κ1) is 14.0. The Hall–Kier alpha value is -1.61.